The first-order chi connectivity index (χ1) is 8.59. The zero-order valence-electron chi connectivity index (χ0n) is 12.0. The number of fused-ring (bicyclic) bond motifs is 1. The molecule has 5 unspecified atom stereocenters. The third-order valence-electron chi connectivity index (χ3n) is 5.11. The van der Waals surface area contributed by atoms with E-state index < -0.39 is 0 Å². The largest absolute Gasteiger partial charge is 0.393 e. The summed E-state index contributed by atoms with van der Waals surface area (Å²) in [6, 6.07) is 0. The smallest absolute Gasteiger partial charge is 0.0623 e. The van der Waals surface area contributed by atoms with Crippen LogP contribution in [0.3, 0.4) is 0 Å². The maximum atomic E-state index is 10.7. The molecular weight excluding hydrogens is 224 g/mol. The molecule has 0 saturated heterocycles. The van der Waals surface area contributed by atoms with E-state index in [1.54, 1.807) is 0 Å². The van der Waals surface area contributed by atoms with Crippen molar-refractivity contribution in [2.24, 2.45) is 23.7 Å². The Morgan fingerprint density at radius 1 is 0.944 bits per heavy atom. The summed E-state index contributed by atoms with van der Waals surface area (Å²) >= 11 is 0. The SMILES string of the molecule is CC(C)CC1CCCC2CCCCC(O)C2C1O. The molecule has 0 aromatic rings. The van der Waals surface area contributed by atoms with Crippen molar-refractivity contribution in [3.8, 4) is 0 Å². The van der Waals surface area contributed by atoms with Crippen LogP contribution < -0.4 is 0 Å². The number of rotatable bonds is 2. The van der Waals surface area contributed by atoms with Crippen molar-refractivity contribution in [1.29, 1.82) is 0 Å². The van der Waals surface area contributed by atoms with Gasteiger partial charge in [-0.05, 0) is 49.9 Å². The van der Waals surface area contributed by atoms with E-state index >= 15 is 0 Å². The molecule has 2 heteroatoms. The molecule has 5 atom stereocenters. The molecule has 0 radical (unpaired) electrons. The lowest BCUT2D eigenvalue weighted by atomic mass is 9.77. The molecule has 0 aromatic carbocycles. The van der Waals surface area contributed by atoms with Crippen LogP contribution in [0.2, 0.25) is 0 Å². The van der Waals surface area contributed by atoms with Gasteiger partial charge >= 0.3 is 0 Å². The Hall–Kier alpha value is -0.0800. The molecule has 2 saturated carbocycles. The van der Waals surface area contributed by atoms with Crippen molar-refractivity contribution in [2.45, 2.75) is 77.4 Å². The maximum absolute atomic E-state index is 10.7. The highest BCUT2D eigenvalue weighted by Gasteiger charge is 2.40. The predicted octanol–water partition coefficient (Wildman–Crippen LogP) is 3.36. The number of hydrogen-bond acceptors (Lipinski definition) is 2. The van der Waals surface area contributed by atoms with Crippen molar-refractivity contribution in [3.63, 3.8) is 0 Å². The fourth-order valence-electron chi connectivity index (χ4n) is 4.29. The van der Waals surface area contributed by atoms with Crippen molar-refractivity contribution in [2.75, 3.05) is 0 Å². The van der Waals surface area contributed by atoms with Gasteiger partial charge in [0.25, 0.3) is 0 Å². The average Bonchev–Trinajstić information content (AvgIpc) is 2.56. The van der Waals surface area contributed by atoms with E-state index in [0.29, 0.717) is 17.8 Å². The summed E-state index contributed by atoms with van der Waals surface area (Å²) in [5, 5.41) is 21.1. The minimum atomic E-state index is -0.270. The molecule has 0 spiro atoms. The number of hydrogen-bond donors (Lipinski definition) is 2. The molecule has 106 valence electrons. The second kappa shape index (κ2) is 6.38. The van der Waals surface area contributed by atoms with Gasteiger partial charge in [-0.2, -0.15) is 0 Å². The highest BCUT2D eigenvalue weighted by atomic mass is 16.3. The molecule has 2 nitrogen and oxygen atoms in total. The third kappa shape index (κ3) is 3.27. The van der Waals surface area contributed by atoms with Crippen LogP contribution in [0.1, 0.15) is 65.2 Å². The zero-order chi connectivity index (χ0) is 13.1. The van der Waals surface area contributed by atoms with E-state index in [1.165, 1.54) is 25.7 Å². The predicted molar refractivity (Wildman–Crippen MR) is 74.3 cm³/mol. The maximum Gasteiger partial charge on any atom is 0.0623 e. The normalized spacial score (nSPS) is 42.2. The minimum Gasteiger partial charge on any atom is -0.393 e. The summed E-state index contributed by atoms with van der Waals surface area (Å²) in [4.78, 5) is 0. The Labute approximate surface area is 112 Å². The summed E-state index contributed by atoms with van der Waals surface area (Å²) in [5.74, 6) is 1.77. The zero-order valence-corrected chi connectivity index (χ0v) is 12.0. The van der Waals surface area contributed by atoms with Gasteiger partial charge in [-0.15, -0.1) is 0 Å². The van der Waals surface area contributed by atoms with Gasteiger partial charge in [0.2, 0.25) is 0 Å². The molecular formula is C16H30O2. The Morgan fingerprint density at radius 3 is 2.33 bits per heavy atom. The molecule has 2 rings (SSSR count). The lowest BCUT2D eigenvalue weighted by Gasteiger charge is -2.34. The average molecular weight is 254 g/mol. The molecule has 0 heterocycles. The van der Waals surface area contributed by atoms with E-state index in [9.17, 15) is 10.2 Å². The van der Waals surface area contributed by atoms with Gasteiger partial charge in [-0.25, -0.2) is 0 Å². The third-order valence-corrected chi connectivity index (χ3v) is 5.11. The van der Waals surface area contributed by atoms with Gasteiger partial charge in [0, 0.05) is 5.92 Å². The van der Waals surface area contributed by atoms with Crippen LogP contribution in [0.5, 0.6) is 0 Å². The first-order valence-electron chi connectivity index (χ1n) is 7.95. The van der Waals surface area contributed by atoms with Gasteiger partial charge in [0.1, 0.15) is 0 Å². The van der Waals surface area contributed by atoms with Crippen molar-refractivity contribution >= 4 is 0 Å². The first-order valence-corrected chi connectivity index (χ1v) is 7.95. The monoisotopic (exact) mass is 254 g/mol. The second-order valence-electron chi connectivity index (χ2n) is 7.00. The van der Waals surface area contributed by atoms with Crippen LogP contribution >= 0.6 is 0 Å². The van der Waals surface area contributed by atoms with E-state index in [2.05, 4.69) is 13.8 Å². The summed E-state index contributed by atoms with van der Waals surface area (Å²) in [5.41, 5.74) is 0. The van der Waals surface area contributed by atoms with Crippen LogP contribution in [0.4, 0.5) is 0 Å². The molecule has 0 bridgehead atoms. The van der Waals surface area contributed by atoms with Crippen LogP contribution in [-0.2, 0) is 0 Å². The summed E-state index contributed by atoms with van der Waals surface area (Å²) in [6.45, 7) is 4.47. The molecule has 0 amide bonds. The fourth-order valence-corrected chi connectivity index (χ4v) is 4.29. The van der Waals surface area contributed by atoms with Crippen molar-refractivity contribution < 1.29 is 10.2 Å². The highest BCUT2D eigenvalue weighted by Crippen LogP contribution is 2.42. The molecule has 2 aliphatic rings. The van der Waals surface area contributed by atoms with Gasteiger partial charge in [0.15, 0.2) is 0 Å². The van der Waals surface area contributed by atoms with Crippen LogP contribution in [0, 0.1) is 23.7 Å². The Kier molecular flexibility index (Phi) is 5.08. The molecule has 2 fully saturated rings. The Morgan fingerprint density at radius 2 is 1.61 bits per heavy atom. The summed E-state index contributed by atoms with van der Waals surface area (Å²) in [7, 11) is 0. The fraction of sp³-hybridized carbons (Fsp3) is 1.00. The molecule has 2 N–H and O–H groups in total. The van der Waals surface area contributed by atoms with Crippen LogP contribution in [0.25, 0.3) is 0 Å². The highest BCUT2D eigenvalue weighted by molar-refractivity contribution is 4.91. The summed E-state index contributed by atoms with van der Waals surface area (Å²) in [6.07, 6.45) is 8.66. The van der Waals surface area contributed by atoms with E-state index in [0.717, 1.165) is 25.7 Å². The van der Waals surface area contributed by atoms with Gasteiger partial charge in [0.05, 0.1) is 12.2 Å². The second-order valence-corrected chi connectivity index (χ2v) is 7.00. The molecule has 18 heavy (non-hydrogen) atoms. The Bertz CT molecular complexity index is 251. The molecule has 0 aliphatic heterocycles. The standard InChI is InChI=1S/C16H30O2/c1-11(2)10-13-8-5-7-12-6-3-4-9-14(17)15(12)16(13)18/h11-18H,3-10H2,1-2H3. The van der Waals surface area contributed by atoms with Gasteiger partial charge < -0.3 is 10.2 Å². The lowest BCUT2D eigenvalue weighted by Crippen LogP contribution is -2.39. The topological polar surface area (TPSA) is 40.5 Å². The first kappa shape index (κ1) is 14.3. The van der Waals surface area contributed by atoms with E-state index in [-0.39, 0.29) is 18.1 Å². The van der Waals surface area contributed by atoms with E-state index in [1.807, 2.05) is 0 Å². The quantitative estimate of drug-likeness (QED) is 0.793. The number of aliphatic hydroxyl groups excluding tert-OH is 2. The summed E-state index contributed by atoms with van der Waals surface area (Å²) < 4.78 is 0. The lowest BCUT2D eigenvalue weighted by molar-refractivity contribution is -0.0418. The minimum absolute atomic E-state index is 0.152. The van der Waals surface area contributed by atoms with Crippen molar-refractivity contribution in [1.82, 2.24) is 0 Å². The van der Waals surface area contributed by atoms with Crippen LogP contribution in [0.15, 0.2) is 0 Å². The van der Waals surface area contributed by atoms with Crippen LogP contribution in [-0.4, -0.2) is 22.4 Å². The molecule has 0 aromatic heterocycles. The Balaban J connectivity index is 2.11. The molecule has 2 aliphatic carbocycles. The van der Waals surface area contributed by atoms with Gasteiger partial charge in [-0.3, -0.25) is 0 Å². The number of aliphatic hydroxyl groups is 2. The van der Waals surface area contributed by atoms with Crippen molar-refractivity contribution in [3.05, 3.63) is 0 Å². The van der Waals surface area contributed by atoms with Gasteiger partial charge in [-0.1, -0.05) is 33.1 Å². The van der Waals surface area contributed by atoms with E-state index in [4.69, 9.17) is 0 Å².